The number of hydrogen-bond donors (Lipinski definition) is 0. The van der Waals surface area contributed by atoms with Crippen LogP contribution in [0.1, 0.15) is 0 Å². The Morgan fingerprint density at radius 2 is 0.903 bits per heavy atom. The minimum absolute atomic E-state index is 0.554. The molecule has 0 saturated carbocycles. The molecule has 0 spiro atoms. The SMILES string of the molecule is c1ccc2cc3c(cc2c1)c1ccccc1n3-c1cc(-c2nc(-c3cccc4c3sc3ccccc34)nc(-c3cccc4c3sc3ccccc34)n2)c2oc3ccccc3c2c1. The third-order valence-corrected chi connectivity index (χ3v) is 14.9. The standard InChI is InChI=1S/C55H30N4OS2/c1-2-14-32-28-46-42(27-31(32)13-1)34-15-3-7-23-45(34)59(46)33-29-43-35-16-4-8-24-47(35)60-50(43)44(30-33)55-57-53(40-21-11-19-38-36-17-5-9-25-48(36)61-51(38)40)56-54(58-55)41-22-12-20-39-37-18-6-10-26-49(37)62-52(39)41/h1-30H. The summed E-state index contributed by atoms with van der Waals surface area (Å²) in [6, 6.07) is 64.9. The van der Waals surface area contributed by atoms with Gasteiger partial charge in [0.15, 0.2) is 17.5 Å². The van der Waals surface area contributed by atoms with Crippen molar-refractivity contribution < 1.29 is 4.42 Å². The number of benzene rings is 9. The second kappa shape index (κ2) is 12.9. The fourth-order valence-corrected chi connectivity index (χ4v) is 12.0. The minimum Gasteiger partial charge on any atom is -0.455 e. The molecule has 14 rings (SSSR count). The maximum atomic E-state index is 6.85. The highest BCUT2D eigenvalue weighted by atomic mass is 32.1. The molecule has 0 saturated heterocycles. The van der Waals surface area contributed by atoms with E-state index in [1.54, 1.807) is 22.7 Å². The van der Waals surface area contributed by atoms with Crippen molar-refractivity contribution >= 4 is 118 Å². The van der Waals surface area contributed by atoms with E-state index in [0.717, 1.165) is 64.7 Å². The van der Waals surface area contributed by atoms with Crippen molar-refractivity contribution in [3.63, 3.8) is 0 Å². The van der Waals surface area contributed by atoms with Crippen molar-refractivity contribution in [2.45, 2.75) is 0 Å². The Bertz CT molecular complexity index is 4060. The maximum absolute atomic E-state index is 6.85. The smallest absolute Gasteiger partial charge is 0.167 e. The number of para-hydroxylation sites is 2. The molecule has 0 fully saturated rings. The number of fused-ring (bicyclic) bond motifs is 13. The summed E-state index contributed by atoms with van der Waals surface area (Å²) in [6.07, 6.45) is 0. The highest BCUT2D eigenvalue weighted by Crippen LogP contribution is 2.45. The molecule has 5 aromatic heterocycles. The van der Waals surface area contributed by atoms with Gasteiger partial charge in [-0.1, -0.05) is 121 Å². The van der Waals surface area contributed by atoms with E-state index in [2.05, 4.69) is 174 Å². The Morgan fingerprint density at radius 3 is 1.58 bits per heavy atom. The first kappa shape index (κ1) is 34.0. The largest absolute Gasteiger partial charge is 0.455 e. The van der Waals surface area contributed by atoms with Crippen LogP contribution in [0.5, 0.6) is 0 Å². The van der Waals surface area contributed by atoms with Crippen LogP contribution < -0.4 is 0 Å². The molecule has 0 radical (unpaired) electrons. The zero-order chi connectivity index (χ0) is 40.5. The number of thiophene rings is 2. The van der Waals surface area contributed by atoms with Gasteiger partial charge in [0, 0.05) is 78.7 Å². The van der Waals surface area contributed by atoms with Crippen LogP contribution >= 0.6 is 22.7 Å². The summed E-state index contributed by atoms with van der Waals surface area (Å²) in [5, 5.41) is 11.7. The normalized spacial score (nSPS) is 12.2. The van der Waals surface area contributed by atoms with E-state index in [0.29, 0.717) is 17.5 Å². The van der Waals surface area contributed by atoms with Crippen molar-refractivity contribution in [2.75, 3.05) is 0 Å². The van der Waals surface area contributed by atoms with Gasteiger partial charge in [-0.3, -0.25) is 0 Å². The minimum atomic E-state index is 0.554. The molecule has 0 aliphatic carbocycles. The molecule has 7 heteroatoms. The molecular formula is C55H30N4OS2. The topological polar surface area (TPSA) is 56.7 Å². The molecule has 5 heterocycles. The van der Waals surface area contributed by atoms with Crippen molar-refractivity contribution in [3.05, 3.63) is 182 Å². The van der Waals surface area contributed by atoms with E-state index >= 15 is 0 Å². The van der Waals surface area contributed by atoms with Gasteiger partial charge in [0.2, 0.25) is 0 Å². The van der Waals surface area contributed by atoms with Crippen molar-refractivity contribution in [2.24, 2.45) is 0 Å². The van der Waals surface area contributed by atoms with Crippen LogP contribution in [0.3, 0.4) is 0 Å². The summed E-state index contributed by atoms with van der Waals surface area (Å²) >= 11 is 3.56. The van der Waals surface area contributed by atoms with Crippen LogP contribution in [0.15, 0.2) is 186 Å². The lowest BCUT2D eigenvalue weighted by molar-refractivity contribution is 0.669. The average Bonchev–Trinajstić information content (AvgIpc) is 4.09. The second-order valence-electron chi connectivity index (χ2n) is 15.9. The Kier molecular flexibility index (Phi) is 7.08. The molecule has 14 aromatic rings. The van der Waals surface area contributed by atoms with E-state index < -0.39 is 0 Å². The third kappa shape index (κ3) is 4.92. The fraction of sp³-hybridized carbons (Fsp3) is 0. The number of rotatable bonds is 4. The summed E-state index contributed by atoms with van der Waals surface area (Å²) < 4.78 is 14.0. The van der Waals surface area contributed by atoms with Crippen LogP contribution in [0.2, 0.25) is 0 Å². The number of furan rings is 1. The summed E-state index contributed by atoms with van der Waals surface area (Å²) in [6.45, 7) is 0. The molecule has 0 bridgehead atoms. The molecule has 5 nitrogen and oxygen atoms in total. The summed E-state index contributed by atoms with van der Waals surface area (Å²) in [5.74, 6) is 1.80. The average molecular weight is 827 g/mol. The lowest BCUT2D eigenvalue weighted by Gasteiger charge is -2.13. The molecule has 62 heavy (non-hydrogen) atoms. The van der Waals surface area contributed by atoms with Gasteiger partial charge in [-0.25, -0.2) is 15.0 Å². The highest BCUT2D eigenvalue weighted by molar-refractivity contribution is 7.26. The first-order chi connectivity index (χ1) is 30.7. The monoisotopic (exact) mass is 826 g/mol. The van der Waals surface area contributed by atoms with Gasteiger partial charge in [0.1, 0.15) is 11.2 Å². The molecule has 0 unspecified atom stereocenters. The molecule has 0 aliphatic rings. The Balaban J connectivity index is 1.10. The molecule has 9 aromatic carbocycles. The molecule has 0 N–H and O–H groups in total. The van der Waals surface area contributed by atoms with Crippen LogP contribution in [-0.2, 0) is 0 Å². The zero-order valence-electron chi connectivity index (χ0n) is 32.8. The van der Waals surface area contributed by atoms with Crippen molar-refractivity contribution in [1.82, 2.24) is 19.5 Å². The van der Waals surface area contributed by atoms with Crippen LogP contribution in [-0.4, -0.2) is 19.5 Å². The number of hydrogen-bond acceptors (Lipinski definition) is 6. The van der Waals surface area contributed by atoms with Crippen LogP contribution in [0, 0.1) is 0 Å². The quantitative estimate of drug-likeness (QED) is 0.177. The van der Waals surface area contributed by atoms with Crippen molar-refractivity contribution in [1.29, 1.82) is 0 Å². The second-order valence-corrected chi connectivity index (χ2v) is 18.0. The number of nitrogens with zero attached hydrogens (tertiary/aromatic N) is 4. The zero-order valence-corrected chi connectivity index (χ0v) is 34.5. The predicted octanol–water partition coefficient (Wildman–Crippen LogP) is 15.8. The third-order valence-electron chi connectivity index (χ3n) is 12.4. The van der Waals surface area contributed by atoms with E-state index in [1.165, 1.54) is 52.5 Å². The Hall–Kier alpha value is -7.71. The van der Waals surface area contributed by atoms with Crippen LogP contribution in [0.25, 0.3) is 135 Å². The number of aromatic nitrogens is 4. The Morgan fingerprint density at radius 1 is 0.371 bits per heavy atom. The molecule has 0 amide bonds. The van der Waals surface area contributed by atoms with Gasteiger partial charge >= 0.3 is 0 Å². The fourth-order valence-electron chi connectivity index (χ4n) is 9.62. The van der Waals surface area contributed by atoms with Gasteiger partial charge in [-0.2, -0.15) is 0 Å². The predicted molar refractivity (Wildman–Crippen MR) is 261 cm³/mol. The Labute approximate surface area is 361 Å². The summed E-state index contributed by atoms with van der Waals surface area (Å²) in [7, 11) is 0. The maximum Gasteiger partial charge on any atom is 0.167 e. The molecule has 0 aliphatic heterocycles. The van der Waals surface area contributed by atoms with Gasteiger partial charge in [-0.05, 0) is 71.4 Å². The van der Waals surface area contributed by atoms with E-state index in [-0.39, 0.29) is 0 Å². The van der Waals surface area contributed by atoms with Gasteiger partial charge < -0.3 is 8.98 Å². The van der Waals surface area contributed by atoms with E-state index in [4.69, 9.17) is 19.4 Å². The van der Waals surface area contributed by atoms with Gasteiger partial charge in [0.05, 0.1) is 16.6 Å². The lowest BCUT2D eigenvalue weighted by Crippen LogP contribution is -2.02. The van der Waals surface area contributed by atoms with Gasteiger partial charge in [0.25, 0.3) is 0 Å². The molecule has 0 atom stereocenters. The van der Waals surface area contributed by atoms with Gasteiger partial charge in [-0.15, -0.1) is 22.7 Å². The van der Waals surface area contributed by atoms with Crippen molar-refractivity contribution in [3.8, 4) is 39.9 Å². The summed E-state index contributed by atoms with van der Waals surface area (Å²) in [5.41, 5.74) is 7.57. The van der Waals surface area contributed by atoms with E-state index in [1.807, 2.05) is 12.1 Å². The molecule has 288 valence electrons. The lowest BCUT2D eigenvalue weighted by atomic mass is 10.0. The summed E-state index contributed by atoms with van der Waals surface area (Å²) in [4.78, 5) is 16.3. The highest BCUT2D eigenvalue weighted by Gasteiger charge is 2.24. The first-order valence-corrected chi connectivity index (χ1v) is 22.3. The first-order valence-electron chi connectivity index (χ1n) is 20.7. The van der Waals surface area contributed by atoms with Crippen LogP contribution in [0.4, 0.5) is 0 Å². The molecular weight excluding hydrogens is 797 g/mol. The van der Waals surface area contributed by atoms with E-state index in [9.17, 15) is 0 Å².